The number of Topliss-reactive ketones (excluding diaryl/α,β-unsaturated/α-hetero) is 1. The molecule has 0 fully saturated rings. The summed E-state index contributed by atoms with van der Waals surface area (Å²) in [5.74, 6) is 1.53. The number of rotatable bonds is 4. The molecule has 0 radical (unpaired) electrons. The van der Waals surface area contributed by atoms with E-state index in [0.29, 0.717) is 12.2 Å². The van der Waals surface area contributed by atoms with Crippen molar-refractivity contribution in [2.75, 3.05) is 6.79 Å². The van der Waals surface area contributed by atoms with E-state index < -0.39 is 0 Å². The number of ketones is 1. The molecule has 1 aliphatic heterocycles. The van der Waals surface area contributed by atoms with Crippen LogP contribution in [0, 0.1) is 6.92 Å². The van der Waals surface area contributed by atoms with Crippen LogP contribution in [0.1, 0.15) is 20.8 Å². The SMILES string of the molecule is Cc1cc2c(cc1CC(=O)c1sccc1SN)OCO2. The molecule has 2 heterocycles. The topological polar surface area (TPSA) is 61.6 Å². The Morgan fingerprint density at radius 1 is 1.40 bits per heavy atom. The van der Waals surface area contributed by atoms with Gasteiger partial charge in [0.25, 0.3) is 0 Å². The van der Waals surface area contributed by atoms with E-state index in [-0.39, 0.29) is 12.6 Å². The van der Waals surface area contributed by atoms with E-state index in [0.717, 1.165) is 38.6 Å². The summed E-state index contributed by atoms with van der Waals surface area (Å²) in [7, 11) is 0. The number of carbonyl (C=O) groups is 1. The van der Waals surface area contributed by atoms with Crippen molar-refractivity contribution in [2.24, 2.45) is 5.14 Å². The second-order valence-corrected chi connectivity index (χ2v) is 6.06. The molecule has 6 heteroatoms. The van der Waals surface area contributed by atoms with Crippen LogP contribution in [0.3, 0.4) is 0 Å². The van der Waals surface area contributed by atoms with Gasteiger partial charge in [0.2, 0.25) is 6.79 Å². The number of hydrogen-bond acceptors (Lipinski definition) is 6. The van der Waals surface area contributed by atoms with Crippen molar-refractivity contribution >= 4 is 29.1 Å². The highest BCUT2D eigenvalue weighted by atomic mass is 32.2. The molecule has 0 amide bonds. The van der Waals surface area contributed by atoms with Crippen LogP contribution in [0.2, 0.25) is 0 Å². The van der Waals surface area contributed by atoms with E-state index in [1.165, 1.54) is 11.3 Å². The minimum atomic E-state index is 0.0786. The lowest BCUT2D eigenvalue weighted by atomic mass is 10.0. The van der Waals surface area contributed by atoms with Gasteiger partial charge in [-0.05, 0) is 53.6 Å². The van der Waals surface area contributed by atoms with Gasteiger partial charge in [-0.3, -0.25) is 9.93 Å². The number of thiophene rings is 1. The normalized spacial score (nSPS) is 12.7. The second-order valence-electron chi connectivity index (χ2n) is 4.46. The molecular formula is C14H13NO3S2. The Morgan fingerprint density at radius 3 is 2.90 bits per heavy atom. The standard InChI is InChI=1S/C14H13NO3S2/c1-8-4-11-12(18-7-17-11)6-9(8)5-10(16)14-13(20-15)2-3-19-14/h2-4,6H,5,7,15H2,1H3. The van der Waals surface area contributed by atoms with Crippen LogP contribution in [0.5, 0.6) is 11.5 Å². The Balaban J connectivity index is 1.86. The maximum Gasteiger partial charge on any atom is 0.231 e. The van der Waals surface area contributed by atoms with Crippen molar-refractivity contribution in [1.82, 2.24) is 0 Å². The van der Waals surface area contributed by atoms with Gasteiger partial charge < -0.3 is 9.47 Å². The number of nitrogens with two attached hydrogens (primary N) is 1. The molecule has 0 unspecified atom stereocenters. The Labute approximate surface area is 125 Å². The summed E-state index contributed by atoms with van der Waals surface area (Å²) in [6.07, 6.45) is 0.344. The van der Waals surface area contributed by atoms with Crippen molar-refractivity contribution in [3.63, 3.8) is 0 Å². The van der Waals surface area contributed by atoms with Gasteiger partial charge in [-0.1, -0.05) is 0 Å². The zero-order chi connectivity index (χ0) is 14.1. The summed E-state index contributed by atoms with van der Waals surface area (Å²) in [5, 5.41) is 7.45. The van der Waals surface area contributed by atoms with Crippen molar-refractivity contribution in [1.29, 1.82) is 0 Å². The smallest absolute Gasteiger partial charge is 0.231 e. The Kier molecular flexibility index (Phi) is 3.69. The lowest BCUT2D eigenvalue weighted by molar-refractivity contribution is 0.0994. The van der Waals surface area contributed by atoms with Gasteiger partial charge in [0, 0.05) is 11.3 Å². The number of fused-ring (bicyclic) bond motifs is 1. The zero-order valence-electron chi connectivity index (χ0n) is 10.8. The average molecular weight is 307 g/mol. The summed E-state index contributed by atoms with van der Waals surface area (Å²) in [6, 6.07) is 5.67. The Morgan fingerprint density at radius 2 is 2.15 bits per heavy atom. The number of hydrogen-bond donors (Lipinski definition) is 1. The minimum Gasteiger partial charge on any atom is -0.454 e. The molecule has 104 valence electrons. The first-order valence-corrected chi connectivity index (χ1v) is 7.81. The zero-order valence-corrected chi connectivity index (χ0v) is 12.5. The fourth-order valence-corrected chi connectivity index (χ4v) is 3.59. The highest BCUT2D eigenvalue weighted by Crippen LogP contribution is 2.35. The van der Waals surface area contributed by atoms with Gasteiger partial charge in [-0.2, -0.15) is 0 Å². The fraction of sp³-hybridized carbons (Fsp3) is 0.214. The first-order valence-electron chi connectivity index (χ1n) is 6.05. The number of carbonyl (C=O) groups excluding carboxylic acids is 1. The summed E-state index contributed by atoms with van der Waals surface area (Å²) in [6.45, 7) is 2.21. The second kappa shape index (κ2) is 5.47. The third kappa shape index (κ3) is 2.42. The van der Waals surface area contributed by atoms with Gasteiger partial charge in [-0.25, -0.2) is 0 Å². The molecule has 1 aromatic carbocycles. The monoisotopic (exact) mass is 307 g/mol. The first-order chi connectivity index (χ1) is 9.69. The van der Waals surface area contributed by atoms with Crippen LogP contribution in [0.15, 0.2) is 28.5 Å². The van der Waals surface area contributed by atoms with Crippen molar-refractivity contribution in [3.8, 4) is 11.5 Å². The molecule has 1 aromatic heterocycles. The van der Waals surface area contributed by atoms with Gasteiger partial charge in [0.15, 0.2) is 17.3 Å². The maximum absolute atomic E-state index is 12.4. The molecule has 0 saturated carbocycles. The molecule has 0 atom stereocenters. The molecule has 0 bridgehead atoms. The van der Waals surface area contributed by atoms with Gasteiger partial charge >= 0.3 is 0 Å². The highest BCUT2D eigenvalue weighted by Gasteiger charge is 2.19. The van der Waals surface area contributed by atoms with Crippen LogP contribution in [-0.4, -0.2) is 12.6 Å². The van der Waals surface area contributed by atoms with Crippen LogP contribution < -0.4 is 14.6 Å². The Hall–Kier alpha value is -1.50. The molecule has 2 N–H and O–H groups in total. The van der Waals surface area contributed by atoms with Crippen molar-refractivity contribution < 1.29 is 14.3 Å². The molecule has 2 aromatic rings. The molecule has 20 heavy (non-hydrogen) atoms. The molecular weight excluding hydrogens is 294 g/mol. The van der Waals surface area contributed by atoms with Gasteiger partial charge in [0.05, 0.1) is 4.88 Å². The van der Waals surface area contributed by atoms with E-state index in [1.807, 2.05) is 30.5 Å². The quantitative estimate of drug-likeness (QED) is 0.694. The fourth-order valence-electron chi connectivity index (χ4n) is 2.12. The number of ether oxygens (including phenoxy) is 2. The van der Waals surface area contributed by atoms with E-state index >= 15 is 0 Å². The highest BCUT2D eigenvalue weighted by molar-refractivity contribution is 7.97. The van der Waals surface area contributed by atoms with Crippen molar-refractivity contribution in [3.05, 3.63) is 39.6 Å². The lowest BCUT2D eigenvalue weighted by Gasteiger charge is -2.07. The Bertz CT molecular complexity index is 666. The molecule has 4 nitrogen and oxygen atoms in total. The predicted molar refractivity (Wildman–Crippen MR) is 79.7 cm³/mol. The van der Waals surface area contributed by atoms with E-state index in [1.54, 1.807) is 0 Å². The molecule has 0 aliphatic carbocycles. The lowest BCUT2D eigenvalue weighted by Crippen LogP contribution is -2.04. The van der Waals surface area contributed by atoms with Crippen LogP contribution >= 0.6 is 23.3 Å². The summed E-state index contributed by atoms with van der Waals surface area (Å²) < 4.78 is 10.7. The van der Waals surface area contributed by atoms with E-state index in [4.69, 9.17) is 14.6 Å². The largest absolute Gasteiger partial charge is 0.454 e. The maximum atomic E-state index is 12.4. The van der Waals surface area contributed by atoms with E-state index in [2.05, 4.69) is 0 Å². The van der Waals surface area contributed by atoms with Crippen LogP contribution in [0.25, 0.3) is 0 Å². The molecule has 1 aliphatic rings. The minimum absolute atomic E-state index is 0.0786. The van der Waals surface area contributed by atoms with Crippen LogP contribution in [-0.2, 0) is 6.42 Å². The van der Waals surface area contributed by atoms with Crippen LogP contribution in [0.4, 0.5) is 0 Å². The van der Waals surface area contributed by atoms with Gasteiger partial charge in [-0.15, -0.1) is 11.3 Å². The first kappa shape index (κ1) is 13.5. The average Bonchev–Trinajstić information content (AvgIpc) is 3.06. The summed E-state index contributed by atoms with van der Waals surface area (Å²) in [5.41, 5.74) is 1.99. The third-order valence-electron chi connectivity index (χ3n) is 3.19. The van der Waals surface area contributed by atoms with E-state index in [9.17, 15) is 4.79 Å². The summed E-state index contributed by atoms with van der Waals surface area (Å²) >= 11 is 2.54. The predicted octanol–water partition coefficient (Wildman–Crippen LogP) is 3.18. The molecule has 0 spiro atoms. The van der Waals surface area contributed by atoms with Crippen molar-refractivity contribution in [2.45, 2.75) is 18.2 Å². The third-order valence-corrected chi connectivity index (χ3v) is 4.87. The number of benzene rings is 1. The van der Waals surface area contributed by atoms with Gasteiger partial charge in [0.1, 0.15) is 0 Å². The summed E-state index contributed by atoms with van der Waals surface area (Å²) in [4.78, 5) is 13.9. The molecule has 0 saturated heterocycles. The number of aryl methyl sites for hydroxylation is 1. The molecule has 3 rings (SSSR count).